The van der Waals surface area contributed by atoms with Gasteiger partial charge in [0, 0.05) is 11.3 Å². The first kappa shape index (κ1) is 14.6. The van der Waals surface area contributed by atoms with Gasteiger partial charge in [0.1, 0.15) is 5.75 Å². The smallest absolute Gasteiger partial charge is 0.269 e. The molecule has 0 aliphatic carbocycles. The van der Waals surface area contributed by atoms with Crippen LogP contribution in [0.15, 0.2) is 60.7 Å². The Labute approximate surface area is 132 Å². The summed E-state index contributed by atoms with van der Waals surface area (Å²) >= 11 is 0. The van der Waals surface area contributed by atoms with Crippen LogP contribution in [0.5, 0.6) is 5.75 Å². The van der Waals surface area contributed by atoms with Gasteiger partial charge in [0.15, 0.2) is 0 Å². The van der Waals surface area contributed by atoms with Gasteiger partial charge in [-0.1, -0.05) is 24.3 Å². The minimum Gasteiger partial charge on any atom is -0.507 e. The second-order valence-electron chi connectivity index (χ2n) is 5.08. The fourth-order valence-corrected chi connectivity index (χ4v) is 2.33. The van der Waals surface area contributed by atoms with Crippen molar-refractivity contribution < 1.29 is 14.7 Å². The molecule has 3 aromatic rings. The van der Waals surface area contributed by atoms with E-state index >= 15 is 0 Å². The van der Waals surface area contributed by atoms with Crippen molar-refractivity contribution in [3.8, 4) is 5.75 Å². The van der Waals surface area contributed by atoms with Gasteiger partial charge in [0.25, 0.3) is 11.8 Å². The molecule has 0 heterocycles. The van der Waals surface area contributed by atoms with Crippen molar-refractivity contribution in [3.05, 3.63) is 71.8 Å². The molecule has 3 aromatic carbocycles. The summed E-state index contributed by atoms with van der Waals surface area (Å²) in [5, 5.41) is 14.1. The number of hydrogen-bond acceptors (Lipinski definition) is 3. The Kier molecular flexibility index (Phi) is 3.68. The zero-order chi connectivity index (χ0) is 16.4. The Morgan fingerprint density at radius 3 is 2.35 bits per heavy atom. The highest BCUT2D eigenvalue weighted by atomic mass is 16.3. The highest BCUT2D eigenvalue weighted by Crippen LogP contribution is 2.26. The van der Waals surface area contributed by atoms with Crippen LogP contribution < -0.4 is 11.1 Å². The number of aromatic hydroxyl groups is 1. The van der Waals surface area contributed by atoms with Crippen molar-refractivity contribution in [3.63, 3.8) is 0 Å². The van der Waals surface area contributed by atoms with Crippen LogP contribution >= 0.6 is 0 Å². The third kappa shape index (κ3) is 2.98. The van der Waals surface area contributed by atoms with E-state index in [1.165, 1.54) is 24.3 Å². The predicted molar refractivity (Wildman–Crippen MR) is 87.4 cm³/mol. The van der Waals surface area contributed by atoms with Gasteiger partial charge in [-0.2, -0.15) is 0 Å². The number of rotatable bonds is 3. The Balaban J connectivity index is 2.01. The molecule has 0 saturated heterocycles. The number of para-hydroxylation sites is 1. The number of carbonyl (C=O) groups is 2. The molecule has 3 N–H and O–H groups in total. The van der Waals surface area contributed by atoms with Crippen LogP contribution in [-0.2, 0) is 0 Å². The highest BCUT2D eigenvalue weighted by molar-refractivity contribution is 6.09. The summed E-state index contributed by atoms with van der Waals surface area (Å²) < 4.78 is 0. The van der Waals surface area contributed by atoms with Crippen molar-refractivity contribution in [1.82, 2.24) is 5.73 Å². The predicted octanol–water partition coefficient (Wildman–Crippen LogP) is 3.22. The molecule has 5 nitrogen and oxygen atoms in total. The lowest BCUT2D eigenvalue weighted by Gasteiger charge is -2.09. The molecular formula is C18H13N2O3. The number of carbonyl (C=O) groups excluding carboxylic acids is 2. The summed E-state index contributed by atoms with van der Waals surface area (Å²) in [6.45, 7) is 0. The van der Waals surface area contributed by atoms with Gasteiger partial charge in [-0.15, -0.1) is 0 Å². The summed E-state index contributed by atoms with van der Waals surface area (Å²) in [5.74, 6) is -1.38. The van der Waals surface area contributed by atoms with Gasteiger partial charge in [0.2, 0.25) is 0 Å². The van der Waals surface area contributed by atoms with Crippen molar-refractivity contribution in [2.75, 3.05) is 5.32 Å². The lowest BCUT2D eigenvalue weighted by atomic mass is 10.0. The molecule has 23 heavy (non-hydrogen) atoms. The lowest BCUT2D eigenvalue weighted by molar-refractivity contribution is 0.0990. The van der Waals surface area contributed by atoms with Crippen LogP contribution in [0.25, 0.3) is 10.8 Å². The molecule has 5 heteroatoms. The number of fused-ring (bicyclic) bond motifs is 1. The van der Waals surface area contributed by atoms with Gasteiger partial charge in [-0.3, -0.25) is 15.3 Å². The molecule has 0 aliphatic rings. The minimum atomic E-state index is -0.796. The lowest BCUT2D eigenvalue weighted by Crippen LogP contribution is -2.12. The maximum absolute atomic E-state index is 12.3. The molecule has 0 fully saturated rings. The van der Waals surface area contributed by atoms with Crippen molar-refractivity contribution in [2.24, 2.45) is 0 Å². The van der Waals surface area contributed by atoms with Gasteiger partial charge in [0.05, 0.1) is 5.56 Å². The minimum absolute atomic E-state index is 0.107. The number of benzene rings is 3. The normalized spacial score (nSPS) is 10.4. The van der Waals surface area contributed by atoms with E-state index in [-0.39, 0.29) is 16.9 Å². The molecule has 0 atom stereocenters. The fraction of sp³-hybridized carbons (Fsp3) is 0. The molecule has 2 amide bonds. The third-order valence-electron chi connectivity index (χ3n) is 3.49. The monoisotopic (exact) mass is 305 g/mol. The molecule has 0 unspecified atom stereocenters. The van der Waals surface area contributed by atoms with E-state index in [9.17, 15) is 14.7 Å². The van der Waals surface area contributed by atoms with E-state index in [4.69, 9.17) is 5.73 Å². The molecule has 0 bridgehead atoms. The number of anilines is 1. The number of hydrogen-bond donors (Lipinski definition) is 2. The maximum atomic E-state index is 12.3. The summed E-state index contributed by atoms with van der Waals surface area (Å²) in [4.78, 5) is 23.5. The van der Waals surface area contributed by atoms with E-state index in [1.807, 2.05) is 6.07 Å². The van der Waals surface area contributed by atoms with Crippen LogP contribution in [0.4, 0.5) is 5.69 Å². The second kappa shape index (κ2) is 5.81. The fourth-order valence-electron chi connectivity index (χ4n) is 2.33. The van der Waals surface area contributed by atoms with E-state index in [1.54, 1.807) is 30.3 Å². The van der Waals surface area contributed by atoms with Crippen LogP contribution in [0, 0.1) is 0 Å². The topological polar surface area (TPSA) is 90.2 Å². The largest absolute Gasteiger partial charge is 0.507 e. The molecule has 0 aromatic heterocycles. The highest BCUT2D eigenvalue weighted by Gasteiger charge is 2.13. The SMILES string of the molecule is [NH]C(=O)c1ccc2cc(O)c(C(=O)Nc3ccccc3)cc2c1. The van der Waals surface area contributed by atoms with Gasteiger partial charge < -0.3 is 10.4 Å². The number of nitrogens with one attached hydrogen (secondary N) is 2. The number of phenols is 1. The Bertz CT molecular complexity index is 905. The van der Waals surface area contributed by atoms with Crippen molar-refractivity contribution in [1.29, 1.82) is 0 Å². The molecule has 0 saturated carbocycles. The molecular weight excluding hydrogens is 292 g/mol. The first-order valence-corrected chi connectivity index (χ1v) is 6.94. The summed E-state index contributed by atoms with van der Waals surface area (Å²) in [6.07, 6.45) is 0. The molecule has 0 aliphatic heterocycles. The standard InChI is InChI=1S/C18H13N2O3/c19-17(22)12-7-6-11-10-16(21)15(9-13(11)8-12)18(23)20-14-4-2-1-3-5-14/h1-10,19,21H,(H,20,23). The third-order valence-corrected chi connectivity index (χ3v) is 3.49. The average molecular weight is 305 g/mol. The average Bonchev–Trinajstić information content (AvgIpc) is 2.54. The maximum Gasteiger partial charge on any atom is 0.269 e. The quantitative estimate of drug-likeness (QED) is 0.778. The van der Waals surface area contributed by atoms with E-state index < -0.39 is 11.8 Å². The zero-order valence-electron chi connectivity index (χ0n) is 12.0. The van der Waals surface area contributed by atoms with Gasteiger partial charge >= 0.3 is 0 Å². The first-order chi connectivity index (χ1) is 11.0. The van der Waals surface area contributed by atoms with Gasteiger partial charge in [-0.25, -0.2) is 0 Å². The Morgan fingerprint density at radius 2 is 1.65 bits per heavy atom. The van der Waals surface area contributed by atoms with Gasteiger partial charge in [-0.05, 0) is 47.2 Å². The Hall–Kier alpha value is -3.34. The summed E-state index contributed by atoms with van der Waals surface area (Å²) in [7, 11) is 0. The molecule has 0 spiro atoms. The van der Waals surface area contributed by atoms with E-state index in [2.05, 4.69) is 5.32 Å². The second-order valence-corrected chi connectivity index (χ2v) is 5.08. The Morgan fingerprint density at radius 1 is 0.913 bits per heavy atom. The van der Waals surface area contributed by atoms with Crippen LogP contribution in [0.2, 0.25) is 0 Å². The van der Waals surface area contributed by atoms with Crippen LogP contribution in [0.1, 0.15) is 20.7 Å². The van der Waals surface area contributed by atoms with Crippen molar-refractivity contribution >= 4 is 28.3 Å². The number of amides is 2. The molecule has 1 radical (unpaired) electrons. The summed E-state index contributed by atoms with van der Waals surface area (Å²) in [5.41, 5.74) is 8.11. The molecule has 3 rings (SSSR count). The zero-order valence-corrected chi connectivity index (χ0v) is 12.0. The van der Waals surface area contributed by atoms with E-state index in [0.29, 0.717) is 16.5 Å². The number of phenolic OH excluding ortho intramolecular Hbond substituents is 1. The first-order valence-electron chi connectivity index (χ1n) is 6.94. The molecule has 113 valence electrons. The summed E-state index contributed by atoms with van der Waals surface area (Å²) in [6, 6.07) is 16.6. The van der Waals surface area contributed by atoms with E-state index in [0.717, 1.165) is 0 Å². The van der Waals surface area contributed by atoms with Crippen LogP contribution in [-0.4, -0.2) is 16.9 Å². The van der Waals surface area contributed by atoms with Crippen molar-refractivity contribution in [2.45, 2.75) is 0 Å². The van der Waals surface area contributed by atoms with Crippen LogP contribution in [0.3, 0.4) is 0 Å².